The van der Waals surface area contributed by atoms with E-state index in [9.17, 15) is 4.79 Å². The van der Waals surface area contributed by atoms with Crippen molar-refractivity contribution in [3.05, 3.63) is 18.2 Å². The van der Waals surface area contributed by atoms with Gasteiger partial charge in [0.2, 0.25) is 0 Å². The predicted octanol–water partition coefficient (Wildman–Crippen LogP) is 1.18. The van der Waals surface area contributed by atoms with Crippen molar-refractivity contribution in [3.63, 3.8) is 0 Å². The molecule has 1 aliphatic rings. The van der Waals surface area contributed by atoms with Crippen molar-refractivity contribution in [2.45, 2.75) is 25.8 Å². The van der Waals surface area contributed by atoms with Crippen LogP contribution in [0.3, 0.4) is 0 Å². The number of carbonyl (C=O) groups excluding carboxylic acids is 1. The van der Waals surface area contributed by atoms with Gasteiger partial charge in [0.25, 0.3) is 0 Å². The Morgan fingerprint density at radius 3 is 2.73 bits per heavy atom. The fraction of sp³-hybridized carbons (Fsp3) is 0.636. The third-order valence-electron chi connectivity index (χ3n) is 2.90. The van der Waals surface area contributed by atoms with Gasteiger partial charge >= 0.3 is 0 Å². The van der Waals surface area contributed by atoms with Crippen LogP contribution in [-0.4, -0.2) is 40.4 Å². The van der Waals surface area contributed by atoms with Crippen LogP contribution in [-0.2, 0) is 6.54 Å². The van der Waals surface area contributed by atoms with E-state index in [4.69, 9.17) is 0 Å². The lowest BCUT2D eigenvalue weighted by molar-refractivity contribution is 0.111. The quantitative estimate of drug-likeness (QED) is 0.696. The summed E-state index contributed by atoms with van der Waals surface area (Å²) in [6.07, 6.45) is 8.34. The molecule has 1 fully saturated rings. The fourth-order valence-electron chi connectivity index (χ4n) is 2.00. The first-order valence-electron chi connectivity index (χ1n) is 5.58. The van der Waals surface area contributed by atoms with Gasteiger partial charge in [-0.05, 0) is 25.9 Å². The number of likely N-dealkylation sites (tertiary alicyclic amines) is 1. The topological polar surface area (TPSA) is 38.1 Å². The molecule has 82 valence electrons. The Bertz CT molecular complexity index is 315. The summed E-state index contributed by atoms with van der Waals surface area (Å²) >= 11 is 0. The summed E-state index contributed by atoms with van der Waals surface area (Å²) in [4.78, 5) is 16.9. The van der Waals surface area contributed by atoms with Gasteiger partial charge in [-0.25, -0.2) is 4.98 Å². The summed E-state index contributed by atoms with van der Waals surface area (Å²) in [5.74, 6) is 0. The van der Waals surface area contributed by atoms with E-state index in [1.54, 1.807) is 12.5 Å². The molecule has 0 bridgehead atoms. The Kier molecular flexibility index (Phi) is 3.50. The van der Waals surface area contributed by atoms with Gasteiger partial charge in [0.05, 0.1) is 6.33 Å². The van der Waals surface area contributed by atoms with E-state index in [2.05, 4.69) is 9.88 Å². The number of carbonyl (C=O) groups is 1. The second-order valence-corrected chi connectivity index (χ2v) is 4.06. The van der Waals surface area contributed by atoms with E-state index < -0.39 is 0 Å². The minimum atomic E-state index is 0.522. The molecular weight excluding hydrogens is 190 g/mol. The minimum Gasteiger partial charge on any atom is -0.335 e. The standard InChI is InChI=1S/C11H17N3O/c15-9-11-8-14(10-12-11)7-6-13-4-2-1-3-5-13/h8-10H,1-7H2. The maximum atomic E-state index is 10.4. The molecular formula is C11H17N3O. The highest BCUT2D eigenvalue weighted by atomic mass is 16.1. The maximum Gasteiger partial charge on any atom is 0.169 e. The van der Waals surface area contributed by atoms with Crippen LogP contribution < -0.4 is 0 Å². The number of hydrogen-bond donors (Lipinski definition) is 0. The van der Waals surface area contributed by atoms with Crippen LogP contribution in [0.25, 0.3) is 0 Å². The largest absolute Gasteiger partial charge is 0.335 e. The van der Waals surface area contributed by atoms with Gasteiger partial charge < -0.3 is 9.47 Å². The van der Waals surface area contributed by atoms with E-state index in [-0.39, 0.29) is 0 Å². The van der Waals surface area contributed by atoms with Crippen molar-refractivity contribution < 1.29 is 4.79 Å². The highest BCUT2D eigenvalue weighted by molar-refractivity contribution is 5.70. The van der Waals surface area contributed by atoms with Crippen LogP contribution in [0.5, 0.6) is 0 Å². The molecule has 4 heteroatoms. The summed E-state index contributed by atoms with van der Waals surface area (Å²) in [6, 6.07) is 0. The van der Waals surface area contributed by atoms with Gasteiger partial charge in [-0.1, -0.05) is 6.42 Å². The maximum absolute atomic E-state index is 10.4. The Morgan fingerprint density at radius 2 is 2.07 bits per heavy atom. The molecule has 0 saturated carbocycles. The summed E-state index contributed by atoms with van der Waals surface area (Å²) in [6.45, 7) is 4.43. The Morgan fingerprint density at radius 1 is 1.27 bits per heavy atom. The highest BCUT2D eigenvalue weighted by Gasteiger charge is 2.09. The Labute approximate surface area is 89.9 Å². The number of aromatic nitrogens is 2. The third kappa shape index (κ3) is 2.89. The van der Waals surface area contributed by atoms with Gasteiger partial charge in [-0.15, -0.1) is 0 Å². The SMILES string of the molecule is O=Cc1cn(CCN2CCCCC2)cn1. The summed E-state index contributed by atoms with van der Waals surface area (Å²) in [5, 5.41) is 0. The molecule has 1 aromatic rings. The van der Waals surface area contributed by atoms with Crippen molar-refractivity contribution in [3.8, 4) is 0 Å². The van der Waals surface area contributed by atoms with Crippen molar-refractivity contribution >= 4 is 6.29 Å². The van der Waals surface area contributed by atoms with Crippen molar-refractivity contribution in [1.82, 2.24) is 14.5 Å². The Hall–Kier alpha value is -1.16. The number of imidazole rings is 1. The molecule has 1 aliphatic heterocycles. The number of rotatable bonds is 4. The molecule has 2 rings (SSSR count). The van der Waals surface area contributed by atoms with Gasteiger partial charge in [-0.3, -0.25) is 4.79 Å². The van der Waals surface area contributed by atoms with Crippen molar-refractivity contribution in [2.24, 2.45) is 0 Å². The zero-order chi connectivity index (χ0) is 10.5. The van der Waals surface area contributed by atoms with E-state index >= 15 is 0 Å². The summed E-state index contributed by atoms with van der Waals surface area (Å²) < 4.78 is 1.98. The fourth-order valence-corrected chi connectivity index (χ4v) is 2.00. The van der Waals surface area contributed by atoms with Gasteiger partial charge in [0.1, 0.15) is 5.69 Å². The molecule has 0 aliphatic carbocycles. The molecule has 0 N–H and O–H groups in total. The smallest absolute Gasteiger partial charge is 0.169 e. The monoisotopic (exact) mass is 207 g/mol. The molecule has 0 spiro atoms. The third-order valence-corrected chi connectivity index (χ3v) is 2.90. The summed E-state index contributed by atoms with van der Waals surface area (Å²) in [7, 11) is 0. The van der Waals surface area contributed by atoms with Crippen LogP contribution in [0.1, 0.15) is 29.8 Å². The first kappa shape index (κ1) is 10.4. The molecule has 0 aromatic carbocycles. The number of nitrogens with zero attached hydrogens (tertiary/aromatic N) is 3. The van der Waals surface area contributed by atoms with Crippen LogP contribution in [0, 0.1) is 0 Å². The highest BCUT2D eigenvalue weighted by Crippen LogP contribution is 2.08. The second-order valence-electron chi connectivity index (χ2n) is 4.06. The van der Waals surface area contributed by atoms with E-state index in [1.807, 2.05) is 4.57 Å². The lowest BCUT2D eigenvalue weighted by Crippen LogP contribution is -2.32. The van der Waals surface area contributed by atoms with Gasteiger partial charge in [0.15, 0.2) is 6.29 Å². The minimum absolute atomic E-state index is 0.522. The number of hydrogen-bond acceptors (Lipinski definition) is 3. The molecule has 15 heavy (non-hydrogen) atoms. The second kappa shape index (κ2) is 5.07. The Balaban J connectivity index is 1.79. The lowest BCUT2D eigenvalue weighted by Gasteiger charge is -2.26. The number of aldehydes is 1. The molecule has 0 radical (unpaired) electrons. The number of piperidine rings is 1. The molecule has 4 nitrogen and oxygen atoms in total. The first-order chi connectivity index (χ1) is 7.38. The molecule has 0 unspecified atom stereocenters. The lowest BCUT2D eigenvalue weighted by atomic mass is 10.1. The van der Waals surface area contributed by atoms with E-state index in [1.165, 1.54) is 32.4 Å². The molecule has 2 heterocycles. The van der Waals surface area contributed by atoms with E-state index in [0.717, 1.165) is 19.4 Å². The van der Waals surface area contributed by atoms with Crippen LogP contribution in [0.15, 0.2) is 12.5 Å². The average molecular weight is 207 g/mol. The van der Waals surface area contributed by atoms with Crippen LogP contribution in [0.2, 0.25) is 0 Å². The average Bonchev–Trinajstić information content (AvgIpc) is 2.76. The normalized spacial score (nSPS) is 17.9. The zero-order valence-electron chi connectivity index (χ0n) is 8.93. The summed E-state index contributed by atoms with van der Waals surface area (Å²) in [5.41, 5.74) is 0.522. The van der Waals surface area contributed by atoms with Gasteiger partial charge in [-0.2, -0.15) is 0 Å². The van der Waals surface area contributed by atoms with E-state index in [0.29, 0.717) is 5.69 Å². The molecule has 1 saturated heterocycles. The van der Waals surface area contributed by atoms with Crippen molar-refractivity contribution in [2.75, 3.05) is 19.6 Å². The molecule has 0 amide bonds. The van der Waals surface area contributed by atoms with Crippen molar-refractivity contribution in [1.29, 1.82) is 0 Å². The first-order valence-corrected chi connectivity index (χ1v) is 5.58. The zero-order valence-corrected chi connectivity index (χ0v) is 8.93. The predicted molar refractivity (Wildman–Crippen MR) is 57.9 cm³/mol. The van der Waals surface area contributed by atoms with Crippen LogP contribution >= 0.6 is 0 Å². The van der Waals surface area contributed by atoms with Crippen LogP contribution in [0.4, 0.5) is 0 Å². The van der Waals surface area contributed by atoms with Gasteiger partial charge in [0, 0.05) is 19.3 Å². The molecule has 0 atom stereocenters. The molecule has 1 aromatic heterocycles.